The predicted molar refractivity (Wildman–Crippen MR) is 36.5 cm³/mol. The fourth-order valence-corrected chi connectivity index (χ4v) is 1.31. The monoisotopic (exact) mass is 141 g/mol. The summed E-state index contributed by atoms with van der Waals surface area (Å²) in [6.45, 7) is 2.54. The van der Waals surface area contributed by atoms with Crippen molar-refractivity contribution >= 4 is 12.2 Å². The highest BCUT2D eigenvalue weighted by Gasteiger charge is 2.28. The van der Waals surface area contributed by atoms with E-state index in [1.54, 1.807) is 4.90 Å². The smallest absolute Gasteiger partial charge is 0.223 e. The summed E-state index contributed by atoms with van der Waals surface area (Å²) in [5.41, 5.74) is 0. The lowest BCUT2D eigenvalue weighted by molar-refractivity contribution is -0.130. The molecule has 0 radical (unpaired) electrons. The molecule has 0 aromatic heterocycles. The van der Waals surface area contributed by atoms with Crippen molar-refractivity contribution in [2.45, 2.75) is 25.8 Å². The Bertz CT molecular complexity index is 156. The molecule has 0 unspecified atom stereocenters. The van der Waals surface area contributed by atoms with Crippen LogP contribution >= 0.6 is 0 Å². The molecule has 10 heavy (non-hydrogen) atoms. The molecule has 0 aromatic carbocycles. The number of carbonyl (C=O) groups is 2. The molecule has 1 rings (SSSR count). The van der Waals surface area contributed by atoms with Crippen LogP contribution in [-0.2, 0) is 9.59 Å². The molecular formula is C7H11NO2. The number of rotatable bonds is 2. The van der Waals surface area contributed by atoms with E-state index in [1.807, 2.05) is 6.92 Å². The SMILES string of the molecule is CCN1C(=O)CC[C@H]1C=O. The van der Waals surface area contributed by atoms with Gasteiger partial charge in [-0.3, -0.25) is 4.79 Å². The van der Waals surface area contributed by atoms with E-state index in [-0.39, 0.29) is 11.9 Å². The zero-order valence-corrected chi connectivity index (χ0v) is 6.04. The number of likely N-dealkylation sites (N-methyl/N-ethyl adjacent to an activating group) is 1. The summed E-state index contributed by atoms with van der Waals surface area (Å²) < 4.78 is 0. The minimum absolute atomic E-state index is 0.111. The molecule has 56 valence electrons. The average Bonchev–Trinajstić information content (AvgIpc) is 2.30. The molecular weight excluding hydrogens is 130 g/mol. The Morgan fingerprint density at radius 1 is 1.80 bits per heavy atom. The van der Waals surface area contributed by atoms with Crippen LogP contribution < -0.4 is 0 Å². The van der Waals surface area contributed by atoms with Gasteiger partial charge in [0.05, 0.1) is 6.04 Å². The molecule has 0 N–H and O–H groups in total. The first-order valence-corrected chi connectivity index (χ1v) is 3.54. The van der Waals surface area contributed by atoms with Gasteiger partial charge in [-0.2, -0.15) is 0 Å². The van der Waals surface area contributed by atoms with Crippen LogP contribution in [-0.4, -0.2) is 29.7 Å². The number of aldehydes is 1. The third-order valence-corrected chi connectivity index (χ3v) is 1.87. The fourth-order valence-electron chi connectivity index (χ4n) is 1.31. The number of nitrogens with zero attached hydrogens (tertiary/aromatic N) is 1. The van der Waals surface area contributed by atoms with Crippen molar-refractivity contribution in [2.75, 3.05) is 6.54 Å². The molecule has 1 aliphatic rings. The molecule has 1 heterocycles. The Hall–Kier alpha value is -0.860. The van der Waals surface area contributed by atoms with Gasteiger partial charge in [0.1, 0.15) is 6.29 Å². The Morgan fingerprint density at radius 2 is 2.50 bits per heavy atom. The minimum Gasteiger partial charge on any atom is -0.333 e. The average molecular weight is 141 g/mol. The van der Waals surface area contributed by atoms with Gasteiger partial charge in [0.15, 0.2) is 0 Å². The van der Waals surface area contributed by atoms with Crippen LogP contribution in [0.3, 0.4) is 0 Å². The van der Waals surface area contributed by atoms with Crippen molar-refractivity contribution in [3.8, 4) is 0 Å². The zero-order chi connectivity index (χ0) is 7.56. The maximum Gasteiger partial charge on any atom is 0.223 e. The zero-order valence-electron chi connectivity index (χ0n) is 6.04. The molecule has 0 spiro atoms. The standard InChI is InChI=1S/C7H11NO2/c1-2-8-6(5-9)3-4-7(8)10/h5-6H,2-4H2,1H3/t6-/m0/s1. The van der Waals surface area contributed by atoms with E-state index in [4.69, 9.17) is 0 Å². The molecule has 0 saturated carbocycles. The summed E-state index contributed by atoms with van der Waals surface area (Å²) in [5, 5.41) is 0. The Labute approximate surface area is 60.0 Å². The Kier molecular flexibility index (Phi) is 2.04. The molecule has 1 atom stereocenters. The summed E-state index contributed by atoms with van der Waals surface area (Å²) in [6.07, 6.45) is 2.10. The molecule has 1 fully saturated rings. The number of amides is 1. The highest BCUT2D eigenvalue weighted by molar-refractivity contribution is 5.83. The number of hydrogen-bond acceptors (Lipinski definition) is 2. The van der Waals surface area contributed by atoms with Gasteiger partial charge in [0.2, 0.25) is 5.91 Å². The van der Waals surface area contributed by atoms with Crippen LogP contribution in [0.5, 0.6) is 0 Å². The maximum absolute atomic E-state index is 10.9. The maximum atomic E-state index is 10.9. The Balaban J connectivity index is 2.62. The molecule has 0 bridgehead atoms. The van der Waals surface area contributed by atoms with Gasteiger partial charge in [-0.05, 0) is 13.3 Å². The molecule has 0 aromatic rings. The van der Waals surface area contributed by atoms with Gasteiger partial charge >= 0.3 is 0 Å². The van der Waals surface area contributed by atoms with Crippen LogP contribution in [0.1, 0.15) is 19.8 Å². The summed E-state index contributed by atoms with van der Waals surface area (Å²) >= 11 is 0. The van der Waals surface area contributed by atoms with Gasteiger partial charge in [-0.15, -0.1) is 0 Å². The summed E-state index contributed by atoms with van der Waals surface area (Å²) in [4.78, 5) is 22.9. The second-order valence-corrected chi connectivity index (χ2v) is 2.42. The lowest BCUT2D eigenvalue weighted by atomic mass is 10.2. The van der Waals surface area contributed by atoms with Gasteiger partial charge in [0, 0.05) is 13.0 Å². The largest absolute Gasteiger partial charge is 0.333 e. The lowest BCUT2D eigenvalue weighted by Gasteiger charge is -2.17. The van der Waals surface area contributed by atoms with Crippen molar-refractivity contribution in [1.29, 1.82) is 0 Å². The van der Waals surface area contributed by atoms with E-state index in [9.17, 15) is 9.59 Å². The van der Waals surface area contributed by atoms with Crippen molar-refractivity contribution in [1.82, 2.24) is 4.90 Å². The van der Waals surface area contributed by atoms with Gasteiger partial charge < -0.3 is 9.69 Å². The van der Waals surface area contributed by atoms with Crippen LogP contribution in [0.4, 0.5) is 0 Å². The summed E-state index contributed by atoms with van der Waals surface area (Å²) in [6, 6.07) is -0.141. The van der Waals surface area contributed by atoms with Gasteiger partial charge in [-0.1, -0.05) is 0 Å². The van der Waals surface area contributed by atoms with Crippen LogP contribution in [0.2, 0.25) is 0 Å². The number of hydrogen-bond donors (Lipinski definition) is 0. The van der Waals surface area contributed by atoms with Crippen molar-refractivity contribution in [3.05, 3.63) is 0 Å². The van der Waals surface area contributed by atoms with E-state index in [2.05, 4.69) is 0 Å². The third kappa shape index (κ3) is 1.03. The molecule has 3 nitrogen and oxygen atoms in total. The van der Waals surface area contributed by atoms with Crippen LogP contribution in [0.15, 0.2) is 0 Å². The second-order valence-electron chi connectivity index (χ2n) is 2.42. The lowest BCUT2D eigenvalue weighted by Crippen LogP contribution is -2.33. The number of likely N-dealkylation sites (tertiary alicyclic amines) is 1. The highest BCUT2D eigenvalue weighted by atomic mass is 16.2. The first-order chi connectivity index (χ1) is 4.79. The summed E-state index contributed by atoms with van der Waals surface area (Å²) in [7, 11) is 0. The first-order valence-electron chi connectivity index (χ1n) is 3.54. The topological polar surface area (TPSA) is 37.4 Å². The van der Waals surface area contributed by atoms with Crippen molar-refractivity contribution in [3.63, 3.8) is 0 Å². The van der Waals surface area contributed by atoms with E-state index in [0.717, 1.165) is 6.29 Å². The van der Waals surface area contributed by atoms with Crippen LogP contribution in [0.25, 0.3) is 0 Å². The second kappa shape index (κ2) is 2.82. The van der Waals surface area contributed by atoms with Crippen molar-refractivity contribution < 1.29 is 9.59 Å². The minimum atomic E-state index is -0.141. The third-order valence-electron chi connectivity index (χ3n) is 1.87. The quantitative estimate of drug-likeness (QED) is 0.515. The molecule has 0 aliphatic carbocycles. The predicted octanol–water partition coefficient (Wildman–Crippen LogP) is 0.196. The Morgan fingerprint density at radius 3 is 2.90 bits per heavy atom. The van der Waals surface area contributed by atoms with E-state index < -0.39 is 0 Å². The van der Waals surface area contributed by atoms with Gasteiger partial charge in [-0.25, -0.2) is 0 Å². The van der Waals surface area contributed by atoms with E-state index >= 15 is 0 Å². The fraction of sp³-hybridized carbons (Fsp3) is 0.714. The molecule has 1 saturated heterocycles. The number of carbonyl (C=O) groups excluding carboxylic acids is 2. The first kappa shape index (κ1) is 7.25. The highest BCUT2D eigenvalue weighted by Crippen LogP contribution is 2.15. The van der Waals surface area contributed by atoms with Crippen molar-refractivity contribution in [2.24, 2.45) is 0 Å². The normalized spacial score (nSPS) is 25.5. The molecule has 1 amide bonds. The molecule has 1 aliphatic heterocycles. The molecule has 3 heteroatoms. The van der Waals surface area contributed by atoms with E-state index in [1.165, 1.54) is 0 Å². The van der Waals surface area contributed by atoms with E-state index in [0.29, 0.717) is 19.4 Å². The van der Waals surface area contributed by atoms with Gasteiger partial charge in [0.25, 0.3) is 0 Å². The van der Waals surface area contributed by atoms with Crippen LogP contribution in [0, 0.1) is 0 Å². The summed E-state index contributed by atoms with van der Waals surface area (Å²) in [5.74, 6) is 0.111.